The van der Waals surface area contributed by atoms with Crippen molar-refractivity contribution in [3.8, 4) is 11.3 Å². The minimum absolute atomic E-state index is 0.204. The Morgan fingerprint density at radius 1 is 1.27 bits per heavy atom. The summed E-state index contributed by atoms with van der Waals surface area (Å²) < 4.78 is 4.00. The first kappa shape index (κ1) is 15.3. The molecular weight excluding hydrogens is 328 g/mol. The van der Waals surface area contributed by atoms with Crippen LogP contribution < -0.4 is 5.32 Å². The van der Waals surface area contributed by atoms with Gasteiger partial charge < -0.3 is 15.0 Å². The highest BCUT2D eigenvalue weighted by Gasteiger charge is 2.30. The molecule has 26 heavy (non-hydrogen) atoms. The molecule has 0 amide bonds. The van der Waals surface area contributed by atoms with Crippen LogP contribution in [0, 0.1) is 6.92 Å². The highest BCUT2D eigenvalue weighted by Crippen LogP contribution is 2.38. The van der Waals surface area contributed by atoms with Crippen molar-refractivity contribution in [2.24, 2.45) is 0 Å². The summed E-state index contributed by atoms with van der Waals surface area (Å²) in [6.45, 7) is 2.01. The maximum Gasteiger partial charge on any atom is 0.160 e. The van der Waals surface area contributed by atoms with Crippen LogP contribution in [-0.2, 0) is 0 Å². The molecule has 0 saturated heterocycles. The third kappa shape index (κ3) is 2.13. The van der Waals surface area contributed by atoms with Crippen molar-refractivity contribution < 1.29 is 5.11 Å². The van der Waals surface area contributed by atoms with E-state index in [2.05, 4.69) is 32.2 Å². The fourth-order valence-electron chi connectivity index (χ4n) is 3.74. The molecule has 1 aliphatic rings. The summed E-state index contributed by atoms with van der Waals surface area (Å²) in [5.41, 5.74) is 4.76. The van der Waals surface area contributed by atoms with E-state index in [-0.39, 0.29) is 6.10 Å². The number of nitrogens with zero attached hydrogens (tertiary/aromatic N) is 5. The van der Waals surface area contributed by atoms with E-state index < -0.39 is 0 Å². The second-order valence-corrected chi connectivity index (χ2v) is 6.94. The van der Waals surface area contributed by atoms with Crippen molar-refractivity contribution in [1.29, 1.82) is 0 Å². The summed E-state index contributed by atoms with van der Waals surface area (Å²) in [5, 5.41) is 18.4. The van der Waals surface area contributed by atoms with Gasteiger partial charge in [0.05, 0.1) is 18.0 Å². The Morgan fingerprint density at radius 2 is 2.12 bits per heavy atom. The number of aliphatic hydroxyl groups excluding tert-OH is 1. The molecular formula is C19H20N6O. The van der Waals surface area contributed by atoms with Gasteiger partial charge in [0, 0.05) is 48.1 Å². The van der Waals surface area contributed by atoms with Crippen LogP contribution in [0.15, 0.2) is 36.8 Å². The van der Waals surface area contributed by atoms with Crippen molar-refractivity contribution >= 4 is 22.5 Å². The maximum atomic E-state index is 9.71. The molecule has 7 heteroatoms. The Kier molecular flexibility index (Phi) is 3.27. The lowest BCUT2D eigenvalue weighted by atomic mass is 9.89. The predicted octanol–water partition coefficient (Wildman–Crippen LogP) is 2.79. The summed E-state index contributed by atoms with van der Waals surface area (Å²) in [6.07, 6.45) is 7.11. The molecule has 0 atom stereocenters. The van der Waals surface area contributed by atoms with Gasteiger partial charge in [0.25, 0.3) is 0 Å². The largest absolute Gasteiger partial charge is 0.393 e. The quantitative estimate of drug-likeness (QED) is 0.595. The van der Waals surface area contributed by atoms with Gasteiger partial charge in [-0.3, -0.25) is 0 Å². The van der Waals surface area contributed by atoms with Gasteiger partial charge in [-0.05, 0) is 31.9 Å². The molecule has 1 aliphatic carbocycles. The van der Waals surface area contributed by atoms with E-state index in [9.17, 15) is 5.11 Å². The standard InChI is InChI=1S/C19H20N6O/c1-11-9-22-25-17(20-2)8-16(23-18(11)25)15-10-24(12-6-13(26)7-12)19-14(15)4-3-5-21-19/h3-5,8-10,12-13,20,26H,6-7H2,1-2H3. The first-order valence-corrected chi connectivity index (χ1v) is 8.83. The van der Waals surface area contributed by atoms with Crippen LogP contribution in [0.25, 0.3) is 27.9 Å². The molecule has 132 valence electrons. The Labute approximate surface area is 150 Å². The second-order valence-electron chi connectivity index (χ2n) is 6.94. The molecule has 0 bridgehead atoms. The summed E-state index contributed by atoms with van der Waals surface area (Å²) in [7, 11) is 1.89. The van der Waals surface area contributed by atoms with E-state index >= 15 is 0 Å². The number of nitrogens with one attached hydrogen (secondary N) is 1. The van der Waals surface area contributed by atoms with Crippen molar-refractivity contribution in [3.05, 3.63) is 42.4 Å². The van der Waals surface area contributed by atoms with Gasteiger partial charge in [-0.25, -0.2) is 9.97 Å². The lowest BCUT2D eigenvalue weighted by Gasteiger charge is -2.32. The van der Waals surface area contributed by atoms with Crippen LogP contribution in [0.5, 0.6) is 0 Å². The monoisotopic (exact) mass is 348 g/mol. The van der Waals surface area contributed by atoms with Gasteiger partial charge in [-0.1, -0.05) is 0 Å². The number of anilines is 1. The van der Waals surface area contributed by atoms with Crippen LogP contribution in [0.3, 0.4) is 0 Å². The van der Waals surface area contributed by atoms with Gasteiger partial charge in [0.15, 0.2) is 5.65 Å². The number of aromatic nitrogens is 5. The van der Waals surface area contributed by atoms with Crippen LogP contribution >= 0.6 is 0 Å². The molecule has 0 radical (unpaired) electrons. The second kappa shape index (κ2) is 5.54. The van der Waals surface area contributed by atoms with Gasteiger partial charge in [0.1, 0.15) is 11.5 Å². The third-order valence-electron chi connectivity index (χ3n) is 5.25. The van der Waals surface area contributed by atoms with Crippen LogP contribution in [0.4, 0.5) is 5.82 Å². The number of hydrogen-bond acceptors (Lipinski definition) is 5. The number of aryl methyl sites for hydroxylation is 1. The molecule has 1 saturated carbocycles. The molecule has 5 rings (SSSR count). The minimum Gasteiger partial charge on any atom is -0.393 e. The molecule has 4 aromatic rings. The van der Waals surface area contributed by atoms with Gasteiger partial charge in [0.2, 0.25) is 0 Å². The van der Waals surface area contributed by atoms with Crippen molar-refractivity contribution in [1.82, 2.24) is 24.1 Å². The summed E-state index contributed by atoms with van der Waals surface area (Å²) in [4.78, 5) is 9.45. The molecule has 1 fully saturated rings. The summed E-state index contributed by atoms with van der Waals surface area (Å²) >= 11 is 0. The van der Waals surface area contributed by atoms with E-state index in [4.69, 9.17) is 4.98 Å². The number of hydrogen-bond donors (Lipinski definition) is 2. The zero-order chi connectivity index (χ0) is 17.8. The average molecular weight is 348 g/mol. The summed E-state index contributed by atoms with van der Waals surface area (Å²) in [6, 6.07) is 6.34. The highest BCUT2D eigenvalue weighted by atomic mass is 16.3. The molecule has 0 aliphatic heterocycles. The predicted molar refractivity (Wildman–Crippen MR) is 100 cm³/mol. The lowest BCUT2D eigenvalue weighted by Crippen LogP contribution is -2.30. The van der Waals surface area contributed by atoms with E-state index in [0.717, 1.165) is 52.2 Å². The number of pyridine rings is 1. The Morgan fingerprint density at radius 3 is 2.88 bits per heavy atom. The third-order valence-corrected chi connectivity index (χ3v) is 5.25. The SMILES string of the molecule is CNc1cc(-c2cn(C3CC(O)C3)c3ncccc23)nc2c(C)cnn12. The molecule has 2 N–H and O–H groups in total. The molecule has 0 unspecified atom stereocenters. The van der Waals surface area contributed by atoms with Crippen LogP contribution in [-0.4, -0.2) is 42.4 Å². The normalized spacial score (nSPS) is 19.8. The van der Waals surface area contributed by atoms with Gasteiger partial charge in [-0.15, -0.1) is 0 Å². The average Bonchev–Trinajstić information content (AvgIpc) is 3.20. The zero-order valence-electron chi connectivity index (χ0n) is 14.7. The van der Waals surface area contributed by atoms with E-state index in [1.807, 2.05) is 43.0 Å². The topological polar surface area (TPSA) is 80.3 Å². The first-order valence-electron chi connectivity index (χ1n) is 8.83. The molecule has 4 heterocycles. The lowest BCUT2D eigenvalue weighted by molar-refractivity contribution is 0.0502. The van der Waals surface area contributed by atoms with Gasteiger partial charge in [-0.2, -0.15) is 9.61 Å². The number of rotatable bonds is 3. The van der Waals surface area contributed by atoms with Crippen molar-refractivity contribution in [3.63, 3.8) is 0 Å². The molecule has 0 spiro atoms. The van der Waals surface area contributed by atoms with Gasteiger partial charge >= 0.3 is 0 Å². The van der Waals surface area contributed by atoms with Crippen LogP contribution in [0.2, 0.25) is 0 Å². The Hall–Kier alpha value is -2.93. The maximum absolute atomic E-state index is 9.71. The molecule has 7 nitrogen and oxygen atoms in total. The summed E-state index contributed by atoms with van der Waals surface area (Å²) in [5.74, 6) is 0.891. The first-order chi connectivity index (χ1) is 12.7. The number of aliphatic hydroxyl groups is 1. The smallest absolute Gasteiger partial charge is 0.160 e. The van der Waals surface area contributed by atoms with Crippen LogP contribution in [0.1, 0.15) is 24.4 Å². The fourth-order valence-corrected chi connectivity index (χ4v) is 3.74. The fraction of sp³-hybridized carbons (Fsp3) is 0.316. The van der Waals surface area contributed by atoms with E-state index in [1.54, 1.807) is 0 Å². The van der Waals surface area contributed by atoms with E-state index in [1.165, 1.54) is 0 Å². The minimum atomic E-state index is -0.204. The Bertz CT molecular complexity index is 1120. The molecule has 0 aromatic carbocycles. The highest BCUT2D eigenvalue weighted by molar-refractivity contribution is 5.94. The number of fused-ring (bicyclic) bond motifs is 2. The van der Waals surface area contributed by atoms with E-state index in [0.29, 0.717) is 6.04 Å². The zero-order valence-corrected chi connectivity index (χ0v) is 14.7. The Balaban J connectivity index is 1.74. The van der Waals surface area contributed by atoms with Crippen molar-refractivity contribution in [2.75, 3.05) is 12.4 Å². The van der Waals surface area contributed by atoms with Crippen molar-refractivity contribution in [2.45, 2.75) is 31.9 Å². The molecule has 4 aromatic heterocycles.